The molecule has 1 atom stereocenters. The highest BCUT2D eigenvalue weighted by molar-refractivity contribution is 5.97. The Morgan fingerprint density at radius 3 is 2.41 bits per heavy atom. The van der Waals surface area contributed by atoms with Gasteiger partial charge in [-0.2, -0.15) is 0 Å². The third-order valence-electron chi connectivity index (χ3n) is 4.10. The first kappa shape index (κ1) is 20.5. The minimum Gasteiger partial charge on any atom is -0.486 e. The number of ether oxygens (including phenoxy) is 3. The summed E-state index contributed by atoms with van der Waals surface area (Å²) in [6.45, 7) is 6.27. The van der Waals surface area contributed by atoms with E-state index in [-0.39, 0.29) is 5.91 Å². The van der Waals surface area contributed by atoms with Crippen molar-refractivity contribution in [3.63, 3.8) is 0 Å². The van der Waals surface area contributed by atoms with Gasteiger partial charge in [0.2, 0.25) is 5.91 Å². The summed E-state index contributed by atoms with van der Waals surface area (Å²) < 4.78 is 16.4. The fraction of sp³-hybridized carbons (Fsp3) is 0.364. The van der Waals surface area contributed by atoms with Crippen LogP contribution >= 0.6 is 0 Å². The van der Waals surface area contributed by atoms with E-state index in [1.807, 2.05) is 30.3 Å². The Morgan fingerprint density at radius 1 is 1.03 bits per heavy atom. The molecule has 0 bridgehead atoms. The fourth-order valence-electron chi connectivity index (χ4n) is 2.86. The van der Waals surface area contributed by atoms with E-state index < -0.39 is 17.7 Å². The quantitative estimate of drug-likeness (QED) is 0.805. The third kappa shape index (κ3) is 6.14. The van der Waals surface area contributed by atoms with E-state index in [1.165, 1.54) is 0 Å². The van der Waals surface area contributed by atoms with Crippen LogP contribution in [0.25, 0.3) is 0 Å². The molecular weight excluding hydrogens is 372 g/mol. The zero-order chi connectivity index (χ0) is 20.9. The summed E-state index contributed by atoms with van der Waals surface area (Å²) in [5.41, 5.74) is 0.822. The largest absolute Gasteiger partial charge is 0.486 e. The molecular formula is C22H26N2O5. The number of carbonyl (C=O) groups excluding carboxylic acids is 2. The zero-order valence-electron chi connectivity index (χ0n) is 16.9. The van der Waals surface area contributed by atoms with E-state index in [9.17, 15) is 9.59 Å². The second kappa shape index (κ2) is 8.86. The lowest BCUT2D eigenvalue weighted by Crippen LogP contribution is -2.47. The molecule has 154 valence electrons. The van der Waals surface area contributed by atoms with Gasteiger partial charge in [-0.25, -0.2) is 4.79 Å². The Bertz CT molecular complexity index is 861. The maximum absolute atomic E-state index is 12.9. The van der Waals surface area contributed by atoms with E-state index in [1.54, 1.807) is 39.0 Å². The molecule has 1 heterocycles. The van der Waals surface area contributed by atoms with Gasteiger partial charge in [0.1, 0.15) is 24.9 Å². The minimum atomic E-state index is -0.805. The van der Waals surface area contributed by atoms with Gasteiger partial charge in [-0.15, -0.1) is 0 Å². The van der Waals surface area contributed by atoms with Crippen LogP contribution in [0, 0.1) is 0 Å². The van der Waals surface area contributed by atoms with Crippen molar-refractivity contribution >= 4 is 17.7 Å². The molecule has 2 aromatic rings. The number of anilines is 1. The van der Waals surface area contributed by atoms with Crippen LogP contribution in [-0.2, 0) is 16.0 Å². The van der Waals surface area contributed by atoms with E-state index in [0.717, 1.165) is 5.56 Å². The van der Waals surface area contributed by atoms with E-state index in [4.69, 9.17) is 14.2 Å². The predicted molar refractivity (Wildman–Crippen MR) is 109 cm³/mol. The average molecular weight is 398 g/mol. The van der Waals surface area contributed by atoms with Gasteiger partial charge in [-0.3, -0.25) is 4.79 Å². The van der Waals surface area contributed by atoms with E-state index in [2.05, 4.69) is 10.6 Å². The molecule has 0 spiro atoms. The number of rotatable bonds is 5. The average Bonchev–Trinajstić information content (AvgIpc) is 2.66. The molecule has 7 nitrogen and oxygen atoms in total. The number of alkyl carbamates (subject to hydrolysis) is 1. The van der Waals surface area contributed by atoms with Crippen molar-refractivity contribution in [2.75, 3.05) is 18.5 Å². The molecule has 7 heteroatoms. The van der Waals surface area contributed by atoms with Crippen molar-refractivity contribution in [1.82, 2.24) is 5.32 Å². The van der Waals surface area contributed by atoms with Crippen LogP contribution < -0.4 is 20.1 Å². The maximum atomic E-state index is 12.9. The molecule has 2 N–H and O–H groups in total. The molecule has 0 saturated carbocycles. The van der Waals surface area contributed by atoms with E-state index in [0.29, 0.717) is 36.8 Å². The van der Waals surface area contributed by atoms with Crippen molar-refractivity contribution in [3.8, 4) is 11.5 Å². The Hall–Kier alpha value is -3.22. The first-order valence-corrected chi connectivity index (χ1v) is 9.54. The van der Waals surface area contributed by atoms with Gasteiger partial charge in [0, 0.05) is 18.2 Å². The summed E-state index contributed by atoms with van der Waals surface area (Å²) in [4.78, 5) is 25.2. The summed E-state index contributed by atoms with van der Waals surface area (Å²) in [5.74, 6) is 0.868. The molecule has 0 radical (unpaired) electrons. The number of nitrogens with one attached hydrogen (secondary N) is 2. The minimum absolute atomic E-state index is 0.330. The van der Waals surface area contributed by atoms with Crippen molar-refractivity contribution < 1.29 is 23.8 Å². The Balaban J connectivity index is 1.73. The molecule has 0 fully saturated rings. The molecule has 2 aromatic carbocycles. The molecule has 1 aliphatic heterocycles. The Morgan fingerprint density at radius 2 is 1.72 bits per heavy atom. The zero-order valence-corrected chi connectivity index (χ0v) is 16.9. The number of amides is 2. The molecule has 1 aliphatic rings. The first-order chi connectivity index (χ1) is 13.8. The highest BCUT2D eigenvalue weighted by Crippen LogP contribution is 2.32. The van der Waals surface area contributed by atoms with Gasteiger partial charge in [0.25, 0.3) is 0 Å². The molecule has 3 rings (SSSR count). The molecule has 0 unspecified atom stereocenters. The highest BCUT2D eigenvalue weighted by atomic mass is 16.6. The van der Waals surface area contributed by atoms with Gasteiger partial charge in [0.15, 0.2) is 11.5 Å². The van der Waals surface area contributed by atoms with Crippen molar-refractivity contribution in [3.05, 3.63) is 54.1 Å². The standard InChI is InChI=1S/C22H26N2O5/c1-22(2,3)29-21(26)24-17(13-15-7-5-4-6-8-15)20(25)23-16-9-10-18-19(14-16)28-12-11-27-18/h4-10,14,17H,11-13H2,1-3H3,(H,23,25)(H,24,26)/t17-/m1/s1. The van der Waals surface area contributed by atoms with Crippen molar-refractivity contribution in [2.24, 2.45) is 0 Å². The van der Waals surface area contributed by atoms with Crippen LogP contribution in [0.3, 0.4) is 0 Å². The van der Waals surface area contributed by atoms with Crippen LogP contribution in [0.1, 0.15) is 26.3 Å². The number of fused-ring (bicyclic) bond motifs is 1. The summed E-state index contributed by atoms with van der Waals surface area (Å²) in [5, 5.41) is 5.51. The molecule has 0 aromatic heterocycles. The van der Waals surface area contributed by atoms with Crippen LogP contribution in [0.5, 0.6) is 11.5 Å². The van der Waals surface area contributed by atoms with Gasteiger partial charge in [-0.05, 0) is 38.5 Å². The Labute approximate surface area is 170 Å². The second-order valence-corrected chi connectivity index (χ2v) is 7.74. The summed E-state index contributed by atoms with van der Waals surface area (Å²) in [7, 11) is 0. The molecule has 0 saturated heterocycles. The Kier molecular flexibility index (Phi) is 6.26. The van der Waals surface area contributed by atoms with E-state index >= 15 is 0 Å². The summed E-state index contributed by atoms with van der Waals surface area (Å²) >= 11 is 0. The fourth-order valence-corrected chi connectivity index (χ4v) is 2.86. The lowest BCUT2D eigenvalue weighted by molar-refractivity contribution is -0.118. The van der Waals surface area contributed by atoms with Crippen molar-refractivity contribution in [2.45, 2.75) is 38.8 Å². The molecule has 2 amide bonds. The van der Waals surface area contributed by atoms with Crippen LogP contribution in [0.2, 0.25) is 0 Å². The SMILES string of the molecule is CC(C)(C)OC(=O)N[C@H](Cc1ccccc1)C(=O)Nc1ccc2c(c1)OCCO2. The normalized spacial score (nSPS) is 13.9. The van der Waals surface area contributed by atoms with Crippen LogP contribution in [0.15, 0.2) is 48.5 Å². The summed E-state index contributed by atoms with van der Waals surface area (Å²) in [6, 6.07) is 13.9. The van der Waals surface area contributed by atoms with Crippen LogP contribution in [0.4, 0.5) is 10.5 Å². The number of carbonyl (C=O) groups is 2. The highest BCUT2D eigenvalue weighted by Gasteiger charge is 2.25. The number of hydrogen-bond acceptors (Lipinski definition) is 5. The monoisotopic (exact) mass is 398 g/mol. The lowest BCUT2D eigenvalue weighted by Gasteiger charge is -2.24. The molecule has 29 heavy (non-hydrogen) atoms. The first-order valence-electron chi connectivity index (χ1n) is 9.54. The topological polar surface area (TPSA) is 85.9 Å². The smallest absolute Gasteiger partial charge is 0.408 e. The van der Waals surface area contributed by atoms with Crippen molar-refractivity contribution in [1.29, 1.82) is 0 Å². The number of benzene rings is 2. The van der Waals surface area contributed by atoms with Gasteiger partial charge in [0.05, 0.1) is 0 Å². The van der Waals surface area contributed by atoms with Gasteiger partial charge < -0.3 is 24.8 Å². The van der Waals surface area contributed by atoms with Gasteiger partial charge in [-0.1, -0.05) is 30.3 Å². The second-order valence-electron chi connectivity index (χ2n) is 7.74. The van der Waals surface area contributed by atoms with Gasteiger partial charge >= 0.3 is 6.09 Å². The maximum Gasteiger partial charge on any atom is 0.408 e. The number of hydrogen-bond donors (Lipinski definition) is 2. The third-order valence-corrected chi connectivity index (χ3v) is 4.10. The lowest BCUT2D eigenvalue weighted by atomic mass is 10.1. The molecule has 0 aliphatic carbocycles. The summed E-state index contributed by atoms with van der Waals surface area (Å²) in [6.07, 6.45) is -0.313. The van der Waals surface area contributed by atoms with Crippen LogP contribution in [-0.4, -0.2) is 36.9 Å². The predicted octanol–water partition coefficient (Wildman–Crippen LogP) is 3.53.